The molecule has 1 rings (SSSR count). The highest BCUT2D eigenvalue weighted by atomic mass is 35.5. The standard InChI is InChI=1S/C7H11ClN2S/c1-5(2)6(8)3-7-10-9-4-11-7/h4-6H,3H2,1-2H3. The SMILES string of the molecule is CC(C)C(Cl)Cc1nncs1. The third-order valence-corrected chi connectivity index (χ3v) is 2.88. The van der Waals surface area contributed by atoms with E-state index < -0.39 is 0 Å². The van der Waals surface area contributed by atoms with Crippen LogP contribution < -0.4 is 0 Å². The van der Waals surface area contributed by atoms with Gasteiger partial charge in [-0.3, -0.25) is 0 Å². The maximum Gasteiger partial charge on any atom is 0.118 e. The van der Waals surface area contributed by atoms with Gasteiger partial charge in [-0.25, -0.2) is 0 Å². The van der Waals surface area contributed by atoms with Crippen LogP contribution in [0.5, 0.6) is 0 Å². The minimum atomic E-state index is 0.183. The molecule has 1 atom stereocenters. The molecule has 0 aliphatic carbocycles. The Morgan fingerprint density at radius 2 is 2.36 bits per heavy atom. The van der Waals surface area contributed by atoms with Gasteiger partial charge in [-0.1, -0.05) is 13.8 Å². The molecule has 2 nitrogen and oxygen atoms in total. The molecule has 0 N–H and O–H groups in total. The van der Waals surface area contributed by atoms with Crippen molar-refractivity contribution in [2.24, 2.45) is 5.92 Å². The van der Waals surface area contributed by atoms with E-state index in [0.29, 0.717) is 5.92 Å². The molecule has 0 saturated carbocycles. The van der Waals surface area contributed by atoms with Crippen molar-refractivity contribution in [2.75, 3.05) is 0 Å². The van der Waals surface area contributed by atoms with Gasteiger partial charge in [-0.15, -0.1) is 33.1 Å². The number of aromatic nitrogens is 2. The van der Waals surface area contributed by atoms with Crippen LogP contribution in [-0.2, 0) is 6.42 Å². The van der Waals surface area contributed by atoms with Crippen LogP contribution in [0, 0.1) is 5.92 Å². The van der Waals surface area contributed by atoms with E-state index in [1.165, 1.54) is 0 Å². The molecule has 1 heterocycles. The van der Waals surface area contributed by atoms with Crippen molar-refractivity contribution in [2.45, 2.75) is 25.6 Å². The molecule has 0 aliphatic heterocycles. The van der Waals surface area contributed by atoms with E-state index >= 15 is 0 Å². The first kappa shape index (κ1) is 8.94. The Labute approximate surface area is 75.6 Å². The number of alkyl halides is 1. The summed E-state index contributed by atoms with van der Waals surface area (Å²) in [5, 5.41) is 8.88. The number of rotatable bonds is 3. The highest BCUT2D eigenvalue weighted by molar-refractivity contribution is 7.09. The molecule has 0 saturated heterocycles. The summed E-state index contributed by atoms with van der Waals surface area (Å²) >= 11 is 7.61. The number of halogens is 1. The Hall–Kier alpha value is -0.150. The third kappa shape index (κ3) is 2.75. The lowest BCUT2D eigenvalue weighted by atomic mass is 10.1. The van der Waals surface area contributed by atoms with E-state index in [0.717, 1.165) is 11.4 Å². The van der Waals surface area contributed by atoms with Crippen molar-refractivity contribution < 1.29 is 0 Å². The van der Waals surface area contributed by atoms with Crippen molar-refractivity contribution in [1.82, 2.24) is 10.2 Å². The lowest BCUT2D eigenvalue weighted by Crippen LogP contribution is -2.10. The second kappa shape index (κ2) is 4.02. The number of hydrogen-bond donors (Lipinski definition) is 0. The van der Waals surface area contributed by atoms with Crippen LogP contribution in [0.2, 0.25) is 0 Å². The van der Waals surface area contributed by atoms with Gasteiger partial charge in [0.05, 0.1) is 0 Å². The molecule has 0 aliphatic rings. The fourth-order valence-electron chi connectivity index (χ4n) is 0.687. The summed E-state index contributed by atoms with van der Waals surface area (Å²) in [6.45, 7) is 4.22. The number of hydrogen-bond acceptors (Lipinski definition) is 3. The Kier molecular flexibility index (Phi) is 3.27. The first-order valence-electron chi connectivity index (χ1n) is 3.59. The predicted octanol–water partition coefficient (Wildman–Crippen LogP) is 2.34. The first-order valence-corrected chi connectivity index (χ1v) is 4.91. The smallest absolute Gasteiger partial charge is 0.118 e. The summed E-state index contributed by atoms with van der Waals surface area (Å²) in [6.07, 6.45) is 0.837. The van der Waals surface area contributed by atoms with Crippen LogP contribution in [-0.4, -0.2) is 15.6 Å². The zero-order valence-electron chi connectivity index (χ0n) is 6.62. The van der Waals surface area contributed by atoms with Crippen molar-refractivity contribution in [3.63, 3.8) is 0 Å². The molecule has 62 valence electrons. The van der Waals surface area contributed by atoms with Gasteiger partial charge in [0.1, 0.15) is 10.5 Å². The summed E-state index contributed by atoms with van der Waals surface area (Å²) in [5.41, 5.74) is 1.74. The second-order valence-electron chi connectivity index (χ2n) is 2.80. The van der Waals surface area contributed by atoms with Gasteiger partial charge in [-0.2, -0.15) is 0 Å². The molecule has 0 amide bonds. The van der Waals surface area contributed by atoms with Crippen molar-refractivity contribution in [3.05, 3.63) is 10.5 Å². The summed E-state index contributed by atoms with van der Waals surface area (Å²) in [7, 11) is 0. The van der Waals surface area contributed by atoms with E-state index in [4.69, 9.17) is 11.6 Å². The summed E-state index contributed by atoms with van der Waals surface area (Å²) in [4.78, 5) is 0. The molecule has 0 radical (unpaired) electrons. The zero-order valence-corrected chi connectivity index (χ0v) is 8.19. The van der Waals surface area contributed by atoms with Crippen LogP contribution in [0.1, 0.15) is 18.9 Å². The fraction of sp³-hybridized carbons (Fsp3) is 0.714. The monoisotopic (exact) mass is 190 g/mol. The zero-order chi connectivity index (χ0) is 8.27. The highest BCUT2D eigenvalue weighted by Gasteiger charge is 2.11. The first-order chi connectivity index (χ1) is 5.20. The van der Waals surface area contributed by atoms with Gasteiger partial charge in [0.2, 0.25) is 0 Å². The van der Waals surface area contributed by atoms with Gasteiger partial charge in [0.25, 0.3) is 0 Å². The molecule has 0 spiro atoms. The average molecular weight is 191 g/mol. The molecule has 11 heavy (non-hydrogen) atoms. The fourth-order valence-corrected chi connectivity index (χ4v) is 1.51. The molecule has 0 bridgehead atoms. The molecular formula is C7H11ClN2S. The lowest BCUT2D eigenvalue weighted by molar-refractivity contribution is 0.593. The summed E-state index contributed by atoms with van der Waals surface area (Å²) in [6, 6.07) is 0. The van der Waals surface area contributed by atoms with Crippen molar-refractivity contribution in [1.29, 1.82) is 0 Å². The van der Waals surface area contributed by atoms with E-state index in [9.17, 15) is 0 Å². The summed E-state index contributed by atoms with van der Waals surface area (Å²) in [5.74, 6) is 0.501. The Morgan fingerprint density at radius 1 is 1.64 bits per heavy atom. The predicted molar refractivity (Wildman–Crippen MR) is 48.1 cm³/mol. The largest absolute Gasteiger partial charge is 0.147 e. The van der Waals surface area contributed by atoms with E-state index in [1.54, 1.807) is 16.8 Å². The molecule has 4 heteroatoms. The van der Waals surface area contributed by atoms with Crippen molar-refractivity contribution >= 4 is 22.9 Å². The Morgan fingerprint density at radius 3 is 2.82 bits per heavy atom. The summed E-state index contributed by atoms with van der Waals surface area (Å²) < 4.78 is 0. The van der Waals surface area contributed by atoms with Gasteiger partial charge >= 0.3 is 0 Å². The molecule has 0 aromatic carbocycles. The topological polar surface area (TPSA) is 25.8 Å². The molecule has 1 unspecified atom stereocenters. The highest BCUT2D eigenvalue weighted by Crippen LogP contribution is 2.16. The average Bonchev–Trinajstić information content (AvgIpc) is 2.39. The van der Waals surface area contributed by atoms with Crippen LogP contribution in [0.4, 0.5) is 0 Å². The van der Waals surface area contributed by atoms with E-state index in [1.807, 2.05) is 0 Å². The number of nitrogens with zero attached hydrogens (tertiary/aromatic N) is 2. The molecule has 1 aromatic heterocycles. The molecular weight excluding hydrogens is 180 g/mol. The van der Waals surface area contributed by atoms with Gasteiger partial charge < -0.3 is 0 Å². The van der Waals surface area contributed by atoms with Crippen molar-refractivity contribution in [3.8, 4) is 0 Å². The minimum Gasteiger partial charge on any atom is -0.147 e. The van der Waals surface area contributed by atoms with Crippen LogP contribution in [0.15, 0.2) is 5.51 Å². The lowest BCUT2D eigenvalue weighted by Gasteiger charge is -2.09. The third-order valence-electron chi connectivity index (χ3n) is 1.50. The van der Waals surface area contributed by atoms with Crippen LogP contribution in [0.25, 0.3) is 0 Å². The van der Waals surface area contributed by atoms with Crippen LogP contribution in [0.3, 0.4) is 0 Å². The normalized spacial score (nSPS) is 13.8. The van der Waals surface area contributed by atoms with E-state index in [2.05, 4.69) is 24.0 Å². The maximum atomic E-state index is 6.05. The Bertz CT molecular complexity index is 198. The van der Waals surface area contributed by atoms with Gasteiger partial charge in [0, 0.05) is 11.8 Å². The molecule has 1 aromatic rings. The minimum absolute atomic E-state index is 0.183. The quantitative estimate of drug-likeness (QED) is 0.684. The van der Waals surface area contributed by atoms with Crippen LogP contribution >= 0.6 is 22.9 Å². The van der Waals surface area contributed by atoms with Gasteiger partial charge in [0.15, 0.2) is 0 Å². The molecule has 0 fully saturated rings. The van der Waals surface area contributed by atoms with Gasteiger partial charge in [-0.05, 0) is 5.92 Å². The van der Waals surface area contributed by atoms with E-state index in [-0.39, 0.29) is 5.38 Å². The second-order valence-corrected chi connectivity index (χ2v) is 4.27. The maximum absolute atomic E-state index is 6.05. The Balaban J connectivity index is 2.43.